The van der Waals surface area contributed by atoms with Crippen molar-refractivity contribution < 1.29 is 5.11 Å². The standard InChI is InChI=1S/C14H20N2O/c15-11-5-3-10(4-6-11)14-13(17)2-1-9-16(14)12-7-8-12/h3-6,12-14,17H,1-2,7-9,15H2. The molecule has 1 saturated heterocycles. The minimum Gasteiger partial charge on any atom is -0.399 e. The molecule has 1 heterocycles. The van der Waals surface area contributed by atoms with Gasteiger partial charge in [0.25, 0.3) is 0 Å². The largest absolute Gasteiger partial charge is 0.399 e. The number of benzene rings is 1. The van der Waals surface area contributed by atoms with Gasteiger partial charge in [0.05, 0.1) is 12.1 Å². The lowest BCUT2D eigenvalue weighted by Gasteiger charge is -2.39. The Bertz CT molecular complexity index is 386. The summed E-state index contributed by atoms with van der Waals surface area (Å²) in [7, 11) is 0. The van der Waals surface area contributed by atoms with Gasteiger partial charge < -0.3 is 10.8 Å². The van der Waals surface area contributed by atoms with E-state index in [1.165, 1.54) is 18.4 Å². The van der Waals surface area contributed by atoms with E-state index >= 15 is 0 Å². The third-order valence-electron chi connectivity index (χ3n) is 3.93. The molecule has 3 nitrogen and oxygen atoms in total. The molecule has 2 unspecified atom stereocenters. The number of hydrogen-bond acceptors (Lipinski definition) is 3. The minimum absolute atomic E-state index is 0.178. The molecule has 1 saturated carbocycles. The third kappa shape index (κ3) is 2.17. The summed E-state index contributed by atoms with van der Waals surface area (Å²) >= 11 is 0. The molecule has 0 bridgehead atoms. The summed E-state index contributed by atoms with van der Waals surface area (Å²) in [6.45, 7) is 1.12. The van der Waals surface area contributed by atoms with Crippen LogP contribution in [-0.2, 0) is 0 Å². The molecule has 2 aliphatic rings. The number of rotatable bonds is 2. The van der Waals surface area contributed by atoms with E-state index in [4.69, 9.17) is 5.73 Å². The number of aliphatic hydroxyl groups is 1. The second-order valence-corrected chi connectivity index (χ2v) is 5.29. The summed E-state index contributed by atoms with van der Waals surface area (Å²) in [4.78, 5) is 2.49. The smallest absolute Gasteiger partial charge is 0.0737 e. The molecule has 1 aliphatic carbocycles. The van der Waals surface area contributed by atoms with E-state index in [0.29, 0.717) is 6.04 Å². The van der Waals surface area contributed by atoms with E-state index in [1.807, 2.05) is 12.1 Å². The van der Waals surface area contributed by atoms with Gasteiger partial charge in [-0.15, -0.1) is 0 Å². The van der Waals surface area contributed by atoms with Crippen molar-refractivity contribution in [3.05, 3.63) is 29.8 Å². The Balaban J connectivity index is 1.87. The third-order valence-corrected chi connectivity index (χ3v) is 3.93. The first-order valence-corrected chi connectivity index (χ1v) is 6.55. The van der Waals surface area contributed by atoms with Gasteiger partial charge in [-0.3, -0.25) is 4.90 Å². The summed E-state index contributed by atoms with van der Waals surface area (Å²) in [6, 6.07) is 8.86. The summed E-state index contributed by atoms with van der Waals surface area (Å²) in [5, 5.41) is 10.3. The van der Waals surface area contributed by atoms with Gasteiger partial charge in [0.1, 0.15) is 0 Å². The molecule has 1 aromatic rings. The maximum atomic E-state index is 10.3. The Morgan fingerprint density at radius 3 is 2.47 bits per heavy atom. The Hall–Kier alpha value is -1.06. The van der Waals surface area contributed by atoms with Crippen molar-refractivity contribution in [2.24, 2.45) is 0 Å². The molecule has 92 valence electrons. The highest BCUT2D eigenvalue weighted by Gasteiger charge is 2.39. The highest BCUT2D eigenvalue weighted by molar-refractivity contribution is 5.40. The van der Waals surface area contributed by atoms with Crippen LogP contribution in [0, 0.1) is 0 Å². The molecule has 0 radical (unpaired) electrons. The Kier molecular flexibility index (Phi) is 2.81. The van der Waals surface area contributed by atoms with Crippen LogP contribution in [0.5, 0.6) is 0 Å². The zero-order valence-corrected chi connectivity index (χ0v) is 10.0. The quantitative estimate of drug-likeness (QED) is 0.766. The van der Waals surface area contributed by atoms with Crippen molar-refractivity contribution in [3.8, 4) is 0 Å². The Labute approximate surface area is 102 Å². The first kappa shape index (κ1) is 11.1. The van der Waals surface area contributed by atoms with Gasteiger partial charge in [-0.25, -0.2) is 0 Å². The van der Waals surface area contributed by atoms with Gasteiger partial charge in [-0.1, -0.05) is 12.1 Å². The van der Waals surface area contributed by atoms with Crippen LogP contribution in [0.25, 0.3) is 0 Å². The van der Waals surface area contributed by atoms with Crippen molar-refractivity contribution in [1.29, 1.82) is 0 Å². The van der Waals surface area contributed by atoms with E-state index in [0.717, 1.165) is 25.1 Å². The molecule has 17 heavy (non-hydrogen) atoms. The lowest BCUT2D eigenvalue weighted by Crippen LogP contribution is -2.42. The van der Waals surface area contributed by atoms with Crippen LogP contribution in [0.15, 0.2) is 24.3 Å². The fourth-order valence-corrected chi connectivity index (χ4v) is 2.92. The van der Waals surface area contributed by atoms with Gasteiger partial charge in [0, 0.05) is 11.7 Å². The molecule has 3 rings (SSSR count). The molecule has 2 atom stereocenters. The minimum atomic E-state index is -0.229. The molecule has 1 aliphatic heterocycles. The number of piperidine rings is 1. The summed E-state index contributed by atoms with van der Waals surface area (Å²) < 4.78 is 0. The van der Waals surface area contributed by atoms with Crippen LogP contribution >= 0.6 is 0 Å². The lowest BCUT2D eigenvalue weighted by molar-refractivity contribution is 0.00501. The molecule has 2 fully saturated rings. The molecule has 1 aromatic carbocycles. The van der Waals surface area contributed by atoms with Crippen LogP contribution in [0.1, 0.15) is 37.3 Å². The van der Waals surface area contributed by atoms with Crippen molar-refractivity contribution in [2.45, 2.75) is 43.9 Å². The van der Waals surface area contributed by atoms with Crippen LogP contribution in [0.4, 0.5) is 5.69 Å². The Morgan fingerprint density at radius 2 is 1.82 bits per heavy atom. The predicted octanol–water partition coefficient (Wildman–Crippen LogP) is 1.93. The number of nitrogen functional groups attached to an aromatic ring is 1. The van der Waals surface area contributed by atoms with Crippen LogP contribution in [-0.4, -0.2) is 28.7 Å². The maximum absolute atomic E-state index is 10.3. The first-order valence-electron chi connectivity index (χ1n) is 6.55. The molecule has 0 amide bonds. The number of nitrogens with zero attached hydrogens (tertiary/aromatic N) is 1. The fraction of sp³-hybridized carbons (Fsp3) is 0.571. The number of hydrogen-bond donors (Lipinski definition) is 2. The van der Waals surface area contributed by atoms with Gasteiger partial charge in [-0.2, -0.15) is 0 Å². The second kappa shape index (κ2) is 4.31. The van der Waals surface area contributed by atoms with E-state index in [2.05, 4.69) is 17.0 Å². The summed E-state index contributed by atoms with van der Waals surface area (Å²) in [5.41, 5.74) is 7.72. The number of nitrogens with two attached hydrogens (primary N) is 1. The lowest BCUT2D eigenvalue weighted by atomic mass is 9.92. The monoisotopic (exact) mass is 232 g/mol. The molecule has 3 heteroatoms. The predicted molar refractivity (Wildman–Crippen MR) is 68.6 cm³/mol. The zero-order chi connectivity index (χ0) is 11.8. The van der Waals surface area contributed by atoms with Gasteiger partial charge in [-0.05, 0) is 49.9 Å². The number of aliphatic hydroxyl groups excluding tert-OH is 1. The van der Waals surface area contributed by atoms with Gasteiger partial charge in [0.15, 0.2) is 0 Å². The van der Waals surface area contributed by atoms with E-state index in [-0.39, 0.29) is 12.1 Å². The number of likely N-dealkylation sites (tertiary alicyclic amines) is 1. The van der Waals surface area contributed by atoms with Crippen molar-refractivity contribution in [2.75, 3.05) is 12.3 Å². The highest BCUT2D eigenvalue weighted by Crippen LogP contribution is 2.39. The zero-order valence-electron chi connectivity index (χ0n) is 10.0. The Morgan fingerprint density at radius 1 is 1.12 bits per heavy atom. The second-order valence-electron chi connectivity index (χ2n) is 5.29. The van der Waals surface area contributed by atoms with Gasteiger partial charge in [0.2, 0.25) is 0 Å². The maximum Gasteiger partial charge on any atom is 0.0737 e. The van der Waals surface area contributed by atoms with Crippen LogP contribution in [0.3, 0.4) is 0 Å². The average molecular weight is 232 g/mol. The van der Waals surface area contributed by atoms with E-state index in [1.54, 1.807) is 0 Å². The van der Waals surface area contributed by atoms with E-state index in [9.17, 15) is 5.11 Å². The highest BCUT2D eigenvalue weighted by atomic mass is 16.3. The normalized spacial score (nSPS) is 30.4. The van der Waals surface area contributed by atoms with Crippen LogP contribution in [0.2, 0.25) is 0 Å². The molecule has 0 aromatic heterocycles. The summed E-state index contributed by atoms with van der Waals surface area (Å²) in [5.74, 6) is 0. The first-order chi connectivity index (χ1) is 8.25. The summed E-state index contributed by atoms with van der Waals surface area (Å²) in [6.07, 6.45) is 4.38. The number of anilines is 1. The van der Waals surface area contributed by atoms with Gasteiger partial charge >= 0.3 is 0 Å². The van der Waals surface area contributed by atoms with Crippen LogP contribution < -0.4 is 5.73 Å². The molecular weight excluding hydrogens is 212 g/mol. The molecule has 3 N–H and O–H groups in total. The van der Waals surface area contributed by atoms with E-state index < -0.39 is 0 Å². The van der Waals surface area contributed by atoms with Crippen molar-refractivity contribution in [1.82, 2.24) is 4.90 Å². The van der Waals surface area contributed by atoms with Crippen molar-refractivity contribution >= 4 is 5.69 Å². The van der Waals surface area contributed by atoms with Crippen molar-refractivity contribution in [3.63, 3.8) is 0 Å². The molecule has 0 spiro atoms. The molecular formula is C14H20N2O. The average Bonchev–Trinajstić information content (AvgIpc) is 3.14. The fourth-order valence-electron chi connectivity index (χ4n) is 2.92. The topological polar surface area (TPSA) is 49.5 Å². The SMILES string of the molecule is Nc1ccc(C2C(O)CCCN2C2CC2)cc1.